The zero-order valence-electron chi connectivity index (χ0n) is 19.7. The van der Waals surface area contributed by atoms with Crippen LogP contribution >= 0.6 is 22.6 Å². The van der Waals surface area contributed by atoms with Gasteiger partial charge in [-0.05, 0) is 80.9 Å². The van der Waals surface area contributed by atoms with Crippen LogP contribution in [0.5, 0.6) is 17.2 Å². The molecule has 1 heterocycles. The lowest BCUT2D eigenvalue weighted by atomic mass is 10.0. The monoisotopic (exact) mass is 591 g/mol. The number of rotatable bonds is 7. The number of cyclic esters (lactones) is 1. The highest BCUT2D eigenvalue weighted by molar-refractivity contribution is 14.1. The minimum absolute atomic E-state index is 0.189. The number of carbonyl (C=O) groups excluding carboxylic acids is 1. The Morgan fingerprint density at radius 3 is 2.33 bits per heavy atom. The van der Waals surface area contributed by atoms with E-state index in [1.807, 2.05) is 66.7 Å². The van der Waals surface area contributed by atoms with Crippen molar-refractivity contribution in [3.05, 3.63) is 105 Å². The van der Waals surface area contributed by atoms with E-state index in [-0.39, 0.29) is 11.6 Å². The maximum atomic E-state index is 12.7. The minimum atomic E-state index is -0.519. The summed E-state index contributed by atoms with van der Waals surface area (Å²) in [6.07, 6.45) is 1.65. The van der Waals surface area contributed by atoms with Crippen LogP contribution in [0.15, 0.2) is 89.6 Å². The van der Waals surface area contributed by atoms with Crippen molar-refractivity contribution in [1.82, 2.24) is 0 Å². The molecule has 0 saturated carbocycles. The second-order valence-corrected chi connectivity index (χ2v) is 9.28. The van der Waals surface area contributed by atoms with Gasteiger partial charge in [0.15, 0.2) is 17.2 Å². The molecule has 0 fully saturated rings. The fourth-order valence-corrected chi connectivity index (χ4v) is 4.32. The van der Waals surface area contributed by atoms with E-state index >= 15 is 0 Å². The van der Waals surface area contributed by atoms with Gasteiger partial charge < -0.3 is 18.9 Å². The molecule has 7 heteroatoms. The highest BCUT2D eigenvalue weighted by atomic mass is 127. The van der Waals surface area contributed by atoms with E-state index in [4.69, 9.17) is 18.9 Å². The molecule has 6 nitrogen and oxygen atoms in total. The van der Waals surface area contributed by atoms with Gasteiger partial charge in [-0.25, -0.2) is 9.79 Å². The number of aliphatic imine (C=N–C) groups is 1. The molecule has 0 saturated heterocycles. The lowest BCUT2D eigenvalue weighted by Crippen LogP contribution is -2.06. The van der Waals surface area contributed by atoms with E-state index in [0.717, 1.165) is 25.5 Å². The zero-order valence-corrected chi connectivity index (χ0v) is 21.8. The van der Waals surface area contributed by atoms with Gasteiger partial charge in [0.05, 0.1) is 14.2 Å². The second kappa shape index (κ2) is 10.4. The summed E-state index contributed by atoms with van der Waals surface area (Å²) in [6, 6.07) is 25.3. The van der Waals surface area contributed by atoms with Crippen LogP contribution in [0.4, 0.5) is 0 Å². The van der Waals surface area contributed by atoms with Gasteiger partial charge in [-0.15, -0.1) is 0 Å². The average Bonchev–Trinajstić information content (AvgIpc) is 3.27. The molecule has 0 atom stereocenters. The SMILES string of the molecule is COc1cc(C=C2N=C(c3cccc4ccccc34)OC2=O)cc(OC)c1OCc1ccc(I)cc1. The average molecular weight is 591 g/mol. The van der Waals surface area contributed by atoms with Crippen LogP contribution in [0.3, 0.4) is 0 Å². The van der Waals surface area contributed by atoms with Crippen LogP contribution in [-0.2, 0) is 16.1 Å². The number of benzene rings is 4. The summed E-state index contributed by atoms with van der Waals surface area (Å²) in [5, 5.41) is 2.01. The Hall–Kier alpha value is -3.85. The number of methoxy groups -OCH3 is 2. The fourth-order valence-electron chi connectivity index (χ4n) is 3.96. The third-order valence-corrected chi connectivity index (χ3v) is 6.44. The lowest BCUT2D eigenvalue weighted by molar-refractivity contribution is -0.129. The number of nitrogens with zero attached hydrogens (tertiary/aromatic N) is 1. The molecular formula is C29H22INO5. The highest BCUT2D eigenvalue weighted by Crippen LogP contribution is 2.40. The van der Waals surface area contributed by atoms with Crippen LogP contribution in [0.2, 0.25) is 0 Å². The van der Waals surface area contributed by atoms with Crippen molar-refractivity contribution in [2.45, 2.75) is 6.61 Å². The Morgan fingerprint density at radius 1 is 0.917 bits per heavy atom. The largest absolute Gasteiger partial charge is 0.493 e. The van der Waals surface area contributed by atoms with Gasteiger partial charge in [0.2, 0.25) is 11.6 Å². The van der Waals surface area contributed by atoms with E-state index in [1.165, 1.54) is 0 Å². The Balaban J connectivity index is 1.46. The zero-order chi connectivity index (χ0) is 25.1. The summed E-state index contributed by atoms with van der Waals surface area (Å²) in [5.74, 6) is 1.21. The van der Waals surface area contributed by atoms with E-state index in [1.54, 1.807) is 32.4 Å². The predicted molar refractivity (Wildman–Crippen MR) is 148 cm³/mol. The van der Waals surface area contributed by atoms with Gasteiger partial charge in [0, 0.05) is 9.13 Å². The molecule has 1 aliphatic heterocycles. The molecule has 5 rings (SSSR count). The molecule has 4 aromatic rings. The molecular weight excluding hydrogens is 569 g/mol. The van der Waals surface area contributed by atoms with Gasteiger partial charge >= 0.3 is 5.97 Å². The first-order valence-corrected chi connectivity index (χ1v) is 12.3. The Morgan fingerprint density at radius 2 is 1.61 bits per heavy atom. The van der Waals surface area contributed by atoms with E-state index in [2.05, 4.69) is 27.6 Å². The Kier molecular flexibility index (Phi) is 6.90. The van der Waals surface area contributed by atoms with Crippen LogP contribution in [0.1, 0.15) is 16.7 Å². The molecule has 0 amide bonds. The molecule has 0 radical (unpaired) electrons. The second-order valence-electron chi connectivity index (χ2n) is 8.03. The lowest BCUT2D eigenvalue weighted by Gasteiger charge is -2.15. The van der Waals surface area contributed by atoms with Crippen molar-refractivity contribution in [2.75, 3.05) is 14.2 Å². The molecule has 0 unspecified atom stereocenters. The van der Waals surface area contributed by atoms with Gasteiger partial charge in [0.1, 0.15) is 6.61 Å². The van der Waals surface area contributed by atoms with Crippen LogP contribution < -0.4 is 14.2 Å². The third-order valence-electron chi connectivity index (χ3n) is 5.72. The summed E-state index contributed by atoms with van der Waals surface area (Å²) >= 11 is 2.26. The van der Waals surface area contributed by atoms with Crippen molar-refractivity contribution >= 4 is 51.3 Å². The number of halogens is 1. The first kappa shape index (κ1) is 23.9. The molecule has 36 heavy (non-hydrogen) atoms. The molecule has 0 aromatic heterocycles. The summed E-state index contributed by atoms with van der Waals surface area (Å²) in [7, 11) is 3.12. The van der Waals surface area contributed by atoms with E-state index in [9.17, 15) is 4.79 Å². The predicted octanol–water partition coefficient (Wildman–Crippen LogP) is 6.39. The summed E-state index contributed by atoms with van der Waals surface area (Å²) < 4.78 is 23.9. The topological polar surface area (TPSA) is 66.4 Å². The maximum absolute atomic E-state index is 12.7. The Bertz CT molecular complexity index is 1480. The van der Waals surface area contributed by atoms with E-state index < -0.39 is 5.97 Å². The summed E-state index contributed by atoms with van der Waals surface area (Å²) in [4.78, 5) is 17.2. The molecule has 0 spiro atoms. The van der Waals surface area contributed by atoms with Crippen molar-refractivity contribution < 1.29 is 23.7 Å². The number of ether oxygens (including phenoxy) is 4. The molecule has 4 aromatic carbocycles. The molecule has 1 aliphatic rings. The summed E-state index contributed by atoms with van der Waals surface area (Å²) in [6.45, 7) is 0.356. The number of esters is 1. The number of carbonyl (C=O) groups is 1. The first-order chi connectivity index (χ1) is 17.6. The van der Waals surface area contributed by atoms with Crippen LogP contribution in [0, 0.1) is 3.57 Å². The van der Waals surface area contributed by atoms with Gasteiger partial charge in [-0.3, -0.25) is 0 Å². The summed E-state index contributed by atoms with van der Waals surface area (Å²) in [5.41, 5.74) is 2.64. The normalized spacial score (nSPS) is 14.0. The van der Waals surface area contributed by atoms with E-state index in [0.29, 0.717) is 29.4 Å². The number of fused-ring (bicyclic) bond motifs is 1. The standard InChI is InChI=1S/C29H22INO5/c1-33-25-15-19(16-26(34-2)27(25)35-17-18-10-12-21(30)13-11-18)14-24-29(32)36-28(31-24)23-9-5-7-20-6-3-4-8-22(20)23/h3-16H,17H2,1-2H3. The first-order valence-electron chi connectivity index (χ1n) is 11.2. The molecule has 180 valence electrons. The third kappa shape index (κ3) is 4.92. The Labute approximate surface area is 222 Å². The molecule has 0 bridgehead atoms. The number of hydrogen-bond acceptors (Lipinski definition) is 6. The minimum Gasteiger partial charge on any atom is -0.493 e. The van der Waals surface area contributed by atoms with Gasteiger partial charge in [0.25, 0.3) is 0 Å². The quantitative estimate of drug-likeness (QED) is 0.142. The maximum Gasteiger partial charge on any atom is 0.363 e. The van der Waals surface area contributed by atoms with Crippen LogP contribution in [0.25, 0.3) is 16.8 Å². The fraction of sp³-hybridized carbons (Fsp3) is 0.103. The van der Waals surface area contributed by atoms with Crippen molar-refractivity contribution in [3.63, 3.8) is 0 Å². The smallest absolute Gasteiger partial charge is 0.363 e. The van der Waals surface area contributed by atoms with Crippen molar-refractivity contribution in [1.29, 1.82) is 0 Å². The van der Waals surface area contributed by atoms with Crippen molar-refractivity contribution in [2.24, 2.45) is 4.99 Å². The van der Waals surface area contributed by atoms with Crippen molar-refractivity contribution in [3.8, 4) is 17.2 Å². The molecule has 0 aliphatic carbocycles. The number of hydrogen-bond donors (Lipinski definition) is 0. The van der Waals surface area contributed by atoms with Crippen LogP contribution in [-0.4, -0.2) is 26.1 Å². The highest BCUT2D eigenvalue weighted by Gasteiger charge is 2.26. The molecule has 0 N–H and O–H groups in total. The van der Waals surface area contributed by atoms with Gasteiger partial charge in [-0.1, -0.05) is 48.5 Å². The van der Waals surface area contributed by atoms with Gasteiger partial charge in [-0.2, -0.15) is 0 Å².